The molecule has 0 unspecified atom stereocenters. The molecule has 1 N–H and O–H groups in total. The lowest BCUT2D eigenvalue weighted by Gasteiger charge is -2.29. The van der Waals surface area contributed by atoms with E-state index >= 15 is 0 Å². The first kappa shape index (κ1) is 17.9. The van der Waals surface area contributed by atoms with Gasteiger partial charge in [-0.05, 0) is 24.1 Å². The van der Waals surface area contributed by atoms with Crippen LogP contribution in [-0.2, 0) is 30.8 Å². The van der Waals surface area contributed by atoms with Gasteiger partial charge in [0.25, 0.3) is 0 Å². The molecule has 8 heteroatoms. The number of nitrogens with one attached hydrogen (secondary N) is 1. The van der Waals surface area contributed by atoms with E-state index in [0.717, 1.165) is 17.8 Å². The third-order valence-corrected chi connectivity index (χ3v) is 6.20. The van der Waals surface area contributed by atoms with Crippen molar-refractivity contribution >= 4 is 23.7 Å². The summed E-state index contributed by atoms with van der Waals surface area (Å²) in [4.78, 5) is 29.2. The third-order valence-electron chi connectivity index (χ3n) is 4.88. The molecule has 1 aromatic carbocycles. The quantitative estimate of drug-likeness (QED) is 0.873. The minimum absolute atomic E-state index is 0.00938. The number of fused-ring (bicyclic) bond motifs is 2. The number of aromatic nitrogens is 2. The molecule has 0 bridgehead atoms. The summed E-state index contributed by atoms with van der Waals surface area (Å²) in [6, 6.07) is 10.2. The largest absolute Gasteiger partial charge is 0.349 e. The molecule has 2 aliphatic rings. The van der Waals surface area contributed by atoms with Crippen LogP contribution >= 0.6 is 11.8 Å². The summed E-state index contributed by atoms with van der Waals surface area (Å²) in [6.07, 6.45) is 0.772. The first-order valence-corrected chi connectivity index (χ1v) is 9.93. The Hall–Kier alpha value is -2.48. The highest BCUT2D eigenvalue weighted by molar-refractivity contribution is 8.01. The predicted octanol–water partition coefficient (Wildman–Crippen LogP) is 1.71. The Bertz CT molecular complexity index is 854. The van der Waals surface area contributed by atoms with E-state index in [-0.39, 0.29) is 17.2 Å². The molecule has 1 atom stereocenters. The van der Waals surface area contributed by atoms with Crippen molar-refractivity contribution in [3.8, 4) is 0 Å². The van der Waals surface area contributed by atoms with Gasteiger partial charge < -0.3 is 15.1 Å². The van der Waals surface area contributed by atoms with Crippen molar-refractivity contribution < 1.29 is 9.59 Å². The van der Waals surface area contributed by atoms with Gasteiger partial charge in [-0.15, -0.1) is 11.8 Å². The van der Waals surface area contributed by atoms with Crippen LogP contribution < -0.4 is 5.32 Å². The number of urea groups is 1. The Morgan fingerprint density at radius 3 is 2.89 bits per heavy atom. The van der Waals surface area contributed by atoms with Crippen LogP contribution in [0.3, 0.4) is 0 Å². The highest BCUT2D eigenvalue weighted by Crippen LogP contribution is 2.36. The topological polar surface area (TPSA) is 70.5 Å². The number of amides is 3. The van der Waals surface area contributed by atoms with Crippen molar-refractivity contribution in [2.45, 2.75) is 36.2 Å². The van der Waals surface area contributed by atoms with Crippen molar-refractivity contribution in [1.29, 1.82) is 0 Å². The fraction of sp³-hybridized carbons (Fsp3) is 0.421. The molecule has 0 fully saturated rings. The molecule has 0 saturated carbocycles. The zero-order chi connectivity index (χ0) is 19.0. The Labute approximate surface area is 162 Å². The molecule has 3 heterocycles. The standard InChI is InChI=1S/C19H23N5O2S/c1-22(2)19(26)23-7-8-24-15(12-23)10-14(21-24)11-20-18(25)17-9-13-5-3-4-6-16(13)27-17/h3-6,10,17H,7-9,11-12H2,1-2H3,(H,20,25)/t17-/m0/s1. The van der Waals surface area contributed by atoms with Gasteiger partial charge in [-0.1, -0.05) is 18.2 Å². The summed E-state index contributed by atoms with van der Waals surface area (Å²) in [5.74, 6) is 0.0478. The fourth-order valence-corrected chi connectivity index (χ4v) is 4.70. The second-order valence-corrected chi connectivity index (χ2v) is 8.33. The van der Waals surface area contributed by atoms with Gasteiger partial charge in [0, 0.05) is 25.5 Å². The monoisotopic (exact) mass is 385 g/mol. The summed E-state index contributed by atoms with van der Waals surface area (Å²) < 4.78 is 1.93. The number of carbonyl (C=O) groups is 2. The number of benzene rings is 1. The molecule has 2 aromatic rings. The molecule has 2 aliphatic heterocycles. The zero-order valence-electron chi connectivity index (χ0n) is 15.5. The number of thioether (sulfide) groups is 1. The van der Waals surface area contributed by atoms with Crippen LogP contribution in [0.25, 0.3) is 0 Å². The van der Waals surface area contributed by atoms with E-state index in [2.05, 4.69) is 22.5 Å². The maximum Gasteiger partial charge on any atom is 0.319 e. The van der Waals surface area contributed by atoms with Crippen LogP contribution in [0.1, 0.15) is 17.0 Å². The number of carbonyl (C=O) groups excluding carboxylic acids is 2. The molecular weight excluding hydrogens is 362 g/mol. The normalized spacial score (nSPS) is 18.0. The van der Waals surface area contributed by atoms with Gasteiger partial charge in [0.2, 0.25) is 5.91 Å². The fourth-order valence-electron chi connectivity index (χ4n) is 3.48. The smallest absolute Gasteiger partial charge is 0.319 e. The van der Waals surface area contributed by atoms with Gasteiger partial charge in [-0.2, -0.15) is 5.10 Å². The second-order valence-electron chi connectivity index (χ2n) is 7.08. The summed E-state index contributed by atoms with van der Waals surface area (Å²) in [5.41, 5.74) is 3.08. The lowest BCUT2D eigenvalue weighted by Crippen LogP contribution is -2.43. The molecule has 0 saturated heterocycles. The first-order chi connectivity index (χ1) is 13.0. The highest BCUT2D eigenvalue weighted by Gasteiger charge is 2.28. The molecule has 0 aliphatic carbocycles. The Balaban J connectivity index is 1.34. The molecule has 27 heavy (non-hydrogen) atoms. The number of hydrogen-bond acceptors (Lipinski definition) is 4. The van der Waals surface area contributed by atoms with Gasteiger partial charge in [0.1, 0.15) is 0 Å². The number of rotatable bonds is 3. The van der Waals surface area contributed by atoms with E-state index in [0.29, 0.717) is 26.2 Å². The summed E-state index contributed by atoms with van der Waals surface area (Å²) in [5, 5.41) is 7.51. The zero-order valence-corrected chi connectivity index (χ0v) is 16.3. The van der Waals surface area contributed by atoms with Crippen molar-refractivity contribution in [2.75, 3.05) is 20.6 Å². The number of hydrogen-bond donors (Lipinski definition) is 1. The van der Waals surface area contributed by atoms with Crippen LogP contribution in [0.5, 0.6) is 0 Å². The summed E-state index contributed by atoms with van der Waals surface area (Å²) >= 11 is 1.63. The van der Waals surface area contributed by atoms with Crippen LogP contribution in [-0.4, -0.2) is 57.4 Å². The minimum Gasteiger partial charge on any atom is -0.349 e. The second kappa shape index (κ2) is 7.26. The lowest BCUT2D eigenvalue weighted by atomic mass is 10.1. The predicted molar refractivity (Wildman–Crippen MR) is 103 cm³/mol. The SMILES string of the molecule is CN(C)C(=O)N1CCn2nc(CNC(=O)[C@@H]3Cc4ccccc4S3)cc2C1. The van der Waals surface area contributed by atoms with Gasteiger partial charge in [0.05, 0.1) is 36.3 Å². The molecule has 4 rings (SSSR count). The first-order valence-electron chi connectivity index (χ1n) is 9.05. The Morgan fingerprint density at radius 1 is 1.30 bits per heavy atom. The van der Waals surface area contributed by atoms with Crippen molar-refractivity contribution in [2.24, 2.45) is 0 Å². The van der Waals surface area contributed by atoms with E-state index in [1.165, 1.54) is 10.5 Å². The Kier molecular flexibility index (Phi) is 4.82. The van der Waals surface area contributed by atoms with E-state index in [1.54, 1.807) is 30.8 Å². The van der Waals surface area contributed by atoms with Crippen molar-refractivity contribution in [3.63, 3.8) is 0 Å². The summed E-state index contributed by atoms with van der Waals surface area (Å²) in [7, 11) is 3.52. The molecule has 1 aromatic heterocycles. The van der Waals surface area contributed by atoms with Crippen LogP contribution in [0.15, 0.2) is 35.2 Å². The third kappa shape index (κ3) is 3.66. The van der Waals surface area contributed by atoms with E-state index < -0.39 is 0 Å². The molecule has 0 radical (unpaired) electrons. The molecule has 3 amide bonds. The van der Waals surface area contributed by atoms with Crippen LogP contribution in [0.2, 0.25) is 0 Å². The van der Waals surface area contributed by atoms with Gasteiger partial charge in [-0.3, -0.25) is 9.48 Å². The van der Waals surface area contributed by atoms with Crippen molar-refractivity contribution in [3.05, 3.63) is 47.3 Å². The van der Waals surface area contributed by atoms with E-state index in [1.807, 2.05) is 27.8 Å². The molecule has 142 valence electrons. The van der Waals surface area contributed by atoms with Crippen LogP contribution in [0.4, 0.5) is 4.79 Å². The maximum atomic E-state index is 12.5. The highest BCUT2D eigenvalue weighted by atomic mass is 32.2. The molecule has 0 spiro atoms. The van der Waals surface area contributed by atoms with Gasteiger partial charge in [-0.25, -0.2) is 4.79 Å². The molecule has 7 nitrogen and oxygen atoms in total. The molecular formula is C19H23N5O2S. The van der Waals surface area contributed by atoms with E-state index in [4.69, 9.17) is 0 Å². The number of nitrogens with zero attached hydrogens (tertiary/aromatic N) is 4. The van der Waals surface area contributed by atoms with Crippen LogP contribution in [0, 0.1) is 0 Å². The van der Waals surface area contributed by atoms with E-state index in [9.17, 15) is 9.59 Å². The Morgan fingerprint density at radius 2 is 2.11 bits per heavy atom. The minimum atomic E-state index is -0.0761. The average Bonchev–Trinajstić information content (AvgIpc) is 3.28. The van der Waals surface area contributed by atoms with Gasteiger partial charge >= 0.3 is 6.03 Å². The lowest BCUT2D eigenvalue weighted by molar-refractivity contribution is -0.120. The summed E-state index contributed by atoms with van der Waals surface area (Å²) in [6.45, 7) is 2.28. The average molecular weight is 385 g/mol. The van der Waals surface area contributed by atoms with Crippen molar-refractivity contribution in [1.82, 2.24) is 24.9 Å². The maximum absolute atomic E-state index is 12.5. The van der Waals surface area contributed by atoms with Gasteiger partial charge in [0.15, 0.2) is 0 Å².